The van der Waals surface area contributed by atoms with Gasteiger partial charge in [-0.25, -0.2) is 4.79 Å². The number of rotatable bonds is 5. The van der Waals surface area contributed by atoms with Crippen LogP contribution in [0.3, 0.4) is 0 Å². The smallest absolute Gasteiger partial charge is 0.319 e. The third-order valence-corrected chi connectivity index (χ3v) is 5.32. The fraction of sp³-hybridized carbons (Fsp3) is 0.600. The van der Waals surface area contributed by atoms with Gasteiger partial charge >= 0.3 is 6.03 Å². The van der Waals surface area contributed by atoms with Crippen LogP contribution in [0.5, 0.6) is 0 Å². The number of nitrogens with one attached hydrogen (secondary N) is 3. The maximum absolute atomic E-state index is 12.5. The SMILES string of the molecule is Cc1ccc(NC(=O)NCC2CCCN(C(=O)CC3CCCN3)C2)cc1. The Hall–Kier alpha value is -2.08. The van der Waals surface area contributed by atoms with Crippen molar-refractivity contribution >= 4 is 17.6 Å². The monoisotopic (exact) mass is 358 g/mol. The molecule has 2 heterocycles. The van der Waals surface area contributed by atoms with Crippen LogP contribution in [0.2, 0.25) is 0 Å². The van der Waals surface area contributed by atoms with Gasteiger partial charge in [0.2, 0.25) is 5.91 Å². The Balaban J connectivity index is 1.40. The van der Waals surface area contributed by atoms with E-state index >= 15 is 0 Å². The standard InChI is InChI=1S/C20H30N4O2/c1-15-6-8-17(9-7-15)23-20(26)22-13-16-4-3-11-24(14-16)19(25)12-18-5-2-10-21-18/h6-9,16,18,21H,2-5,10-14H2,1H3,(H2,22,23,26). The minimum atomic E-state index is -0.188. The zero-order valence-electron chi connectivity index (χ0n) is 15.6. The lowest BCUT2D eigenvalue weighted by Gasteiger charge is -2.33. The molecule has 3 amide bonds. The van der Waals surface area contributed by atoms with E-state index in [1.165, 1.54) is 6.42 Å². The van der Waals surface area contributed by atoms with Gasteiger partial charge in [0.05, 0.1) is 0 Å². The number of hydrogen-bond donors (Lipinski definition) is 3. The van der Waals surface area contributed by atoms with Crippen molar-refractivity contribution in [2.24, 2.45) is 5.92 Å². The van der Waals surface area contributed by atoms with E-state index in [1.807, 2.05) is 36.1 Å². The molecule has 3 rings (SSSR count). The van der Waals surface area contributed by atoms with Gasteiger partial charge in [0.15, 0.2) is 0 Å². The number of urea groups is 1. The van der Waals surface area contributed by atoms with E-state index < -0.39 is 0 Å². The molecule has 0 spiro atoms. The molecule has 26 heavy (non-hydrogen) atoms. The highest BCUT2D eigenvalue weighted by atomic mass is 16.2. The lowest BCUT2D eigenvalue weighted by Crippen LogP contribution is -2.45. The van der Waals surface area contributed by atoms with E-state index in [9.17, 15) is 9.59 Å². The van der Waals surface area contributed by atoms with Crippen LogP contribution in [0, 0.1) is 12.8 Å². The second kappa shape index (κ2) is 9.03. The molecule has 2 aliphatic heterocycles. The number of anilines is 1. The number of nitrogens with zero attached hydrogens (tertiary/aromatic N) is 1. The molecule has 0 radical (unpaired) electrons. The zero-order chi connectivity index (χ0) is 18.4. The number of benzene rings is 1. The van der Waals surface area contributed by atoms with Crippen LogP contribution in [0.4, 0.5) is 10.5 Å². The molecule has 6 heteroatoms. The minimum absolute atomic E-state index is 0.188. The van der Waals surface area contributed by atoms with E-state index in [0.717, 1.165) is 50.1 Å². The molecule has 0 aliphatic carbocycles. The fourth-order valence-corrected chi connectivity index (χ4v) is 3.78. The number of likely N-dealkylation sites (tertiary alicyclic amines) is 1. The van der Waals surface area contributed by atoms with Gasteiger partial charge in [-0.3, -0.25) is 4.79 Å². The summed E-state index contributed by atoms with van der Waals surface area (Å²) < 4.78 is 0. The molecule has 6 nitrogen and oxygen atoms in total. The first-order valence-corrected chi connectivity index (χ1v) is 9.73. The van der Waals surface area contributed by atoms with Gasteiger partial charge in [0.1, 0.15) is 0 Å². The van der Waals surface area contributed by atoms with Gasteiger partial charge in [-0.05, 0) is 57.2 Å². The van der Waals surface area contributed by atoms with Crippen molar-refractivity contribution in [2.75, 3.05) is 31.5 Å². The molecule has 142 valence electrons. The van der Waals surface area contributed by atoms with E-state index in [-0.39, 0.29) is 11.9 Å². The average molecular weight is 358 g/mol. The number of hydrogen-bond acceptors (Lipinski definition) is 3. The Bertz CT molecular complexity index is 611. The first-order chi connectivity index (χ1) is 12.6. The quantitative estimate of drug-likeness (QED) is 0.757. The van der Waals surface area contributed by atoms with Gasteiger partial charge in [-0.2, -0.15) is 0 Å². The highest BCUT2D eigenvalue weighted by Gasteiger charge is 2.26. The van der Waals surface area contributed by atoms with Crippen LogP contribution < -0.4 is 16.0 Å². The van der Waals surface area contributed by atoms with Crippen molar-refractivity contribution in [3.8, 4) is 0 Å². The van der Waals surface area contributed by atoms with Crippen LogP contribution in [-0.2, 0) is 4.79 Å². The molecular formula is C20H30N4O2. The van der Waals surface area contributed by atoms with Crippen LogP contribution in [0.15, 0.2) is 24.3 Å². The molecule has 1 aromatic carbocycles. The Morgan fingerprint density at radius 2 is 2.00 bits per heavy atom. The van der Waals surface area contributed by atoms with Gasteiger partial charge in [-0.15, -0.1) is 0 Å². The number of piperidine rings is 1. The summed E-state index contributed by atoms with van der Waals surface area (Å²) in [5.74, 6) is 0.575. The number of carbonyl (C=O) groups is 2. The summed E-state index contributed by atoms with van der Waals surface area (Å²) in [7, 11) is 0. The normalized spacial score (nSPS) is 22.9. The van der Waals surface area contributed by atoms with Crippen LogP contribution in [-0.4, -0.2) is 49.1 Å². The molecule has 2 unspecified atom stereocenters. The van der Waals surface area contributed by atoms with Crippen LogP contribution >= 0.6 is 0 Å². The molecule has 1 aromatic rings. The van der Waals surface area contributed by atoms with Crippen molar-refractivity contribution in [1.29, 1.82) is 0 Å². The van der Waals surface area contributed by atoms with Crippen molar-refractivity contribution in [1.82, 2.24) is 15.5 Å². The second-order valence-corrected chi connectivity index (χ2v) is 7.55. The summed E-state index contributed by atoms with van der Waals surface area (Å²) >= 11 is 0. The van der Waals surface area contributed by atoms with E-state index in [1.54, 1.807) is 0 Å². The fourth-order valence-electron chi connectivity index (χ4n) is 3.78. The molecule has 2 atom stereocenters. The van der Waals surface area contributed by atoms with Gasteiger partial charge in [-0.1, -0.05) is 17.7 Å². The summed E-state index contributed by atoms with van der Waals surface area (Å²) in [5, 5.41) is 9.19. The average Bonchev–Trinajstić information content (AvgIpc) is 3.15. The Kier molecular flexibility index (Phi) is 6.50. The Morgan fingerprint density at radius 1 is 1.19 bits per heavy atom. The number of aryl methyl sites for hydroxylation is 1. The maximum Gasteiger partial charge on any atom is 0.319 e. The summed E-state index contributed by atoms with van der Waals surface area (Å²) in [5.41, 5.74) is 1.95. The maximum atomic E-state index is 12.5. The molecule has 2 saturated heterocycles. The van der Waals surface area contributed by atoms with Gasteiger partial charge in [0.25, 0.3) is 0 Å². The highest BCUT2D eigenvalue weighted by Crippen LogP contribution is 2.18. The minimum Gasteiger partial charge on any atom is -0.342 e. The molecule has 0 bridgehead atoms. The van der Waals surface area contributed by atoms with E-state index in [2.05, 4.69) is 16.0 Å². The summed E-state index contributed by atoms with van der Waals surface area (Å²) in [4.78, 5) is 26.5. The zero-order valence-corrected chi connectivity index (χ0v) is 15.6. The molecule has 0 aromatic heterocycles. The Labute approximate surface area is 155 Å². The van der Waals surface area contributed by atoms with Gasteiger partial charge < -0.3 is 20.9 Å². The second-order valence-electron chi connectivity index (χ2n) is 7.55. The number of amides is 3. The van der Waals surface area contributed by atoms with E-state index in [4.69, 9.17) is 0 Å². The summed E-state index contributed by atoms with van der Waals surface area (Å²) in [6, 6.07) is 7.90. The first-order valence-electron chi connectivity index (χ1n) is 9.73. The summed E-state index contributed by atoms with van der Waals surface area (Å²) in [6.07, 6.45) is 4.93. The Morgan fingerprint density at radius 3 is 2.73 bits per heavy atom. The predicted octanol–water partition coefficient (Wildman–Crippen LogP) is 2.50. The topological polar surface area (TPSA) is 73.5 Å². The molecular weight excluding hydrogens is 328 g/mol. The molecule has 2 fully saturated rings. The first kappa shape index (κ1) is 18.7. The van der Waals surface area contributed by atoms with Crippen molar-refractivity contribution < 1.29 is 9.59 Å². The van der Waals surface area contributed by atoms with Crippen molar-refractivity contribution in [2.45, 2.75) is 45.1 Å². The van der Waals surface area contributed by atoms with Crippen LogP contribution in [0.1, 0.15) is 37.7 Å². The highest BCUT2D eigenvalue weighted by molar-refractivity contribution is 5.89. The molecule has 0 saturated carbocycles. The molecule has 2 aliphatic rings. The number of carbonyl (C=O) groups excluding carboxylic acids is 2. The lowest BCUT2D eigenvalue weighted by atomic mass is 9.97. The van der Waals surface area contributed by atoms with Crippen LogP contribution in [0.25, 0.3) is 0 Å². The third-order valence-electron chi connectivity index (χ3n) is 5.32. The predicted molar refractivity (Wildman–Crippen MR) is 103 cm³/mol. The largest absolute Gasteiger partial charge is 0.342 e. The van der Waals surface area contributed by atoms with Crippen molar-refractivity contribution in [3.05, 3.63) is 29.8 Å². The lowest BCUT2D eigenvalue weighted by molar-refractivity contribution is -0.133. The molecule has 3 N–H and O–H groups in total. The van der Waals surface area contributed by atoms with E-state index in [0.29, 0.717) is 24.9 Å². The third kappa shape index (κ3) is 5.46. The van der Waals surface area contributed by atoms with Crippen molar-refractivity contribution in [3.63, 3.8) is 0 Å². The van der Waals surface area contributed by atoms with Gasteiger partial charge in [0, 0.05) is 37.8 Å². The summed E-state index contributed by atoms with van der Waals surface area (Å²) in [6.45, 7) is 5.24.